The van der Waals surface area contributed by atoms with Crippen LogP contribution in [0.4, 0.5) is 11.4 Å². The number of hydrogen-bond donors (Lipinski definition) is 2. The van der Waals surface area contributed by atoms with Crippen molar-refractivity contribution in [1.29, 1.82) is 0 Å². The number of para-hydroxylation sites is 1. The molecule has 2 aromatic carbocycles. The second kappa shape index (κ2) is 6.76. The number of carbonyl (C=O) groups is 1. The number of amidine groups is 1. The SMILES string of the molecule is CN=C(C)N(C)c1ccc(NC(=O)c2ccccc2O)cc1. The summed E-state index contributed by atoms with van der Waals surface area (Å²) in [6, 6.07) is 13.9. The van der Waals surface area contributed by atoms with Gasteiger partial charge in [-0.25, -0.2) is 0 Å². The number of carbonyl (C=O) groups excluding carboxylic acids is 1. The number of phenols is 1. The third-order valence-electron chi connectivity index (χ3n) is 3.47. The van der Waals surface area contributed by atoms with E-state index in [1.165, 1.54) is 6.07 Å². The highest BCUT2D eigenvalue weighted by molar-refractivity contribution is 6.06. The molecule has 0 atom stereocenters. The van der Waals surface area contributed by atoms with Gasteiger partial charge in [0.15, 0.2) is 0 Å². The van der Waals surface area contributed by atoms with Crippen molar-refractivity contribution in [2.24, 2.45) is 4.99 Å². The third kappa shape index (κ3) is 3.44. The number of benzene rings is 2. The van der Waals surface area contributed by atoms with Crippen LogP contribution in [0.1, 0.15) is 17.3 Å². The monoisotopic (exact) mass is 297 g/mol. The van der Waals surface area contributed by atoms with Gasteiger partial charge in [0.2, 0.25) is 0 Å². The van der Waals surface area contributed by atoms with E-state index < -0.39 is 0 Å². The fourth-order valence-electron chi connectivity index (χ4n) is 1.97. The maximum atomic E-state index is 12.1. The van der Waals surface area contributed by atoms with Crippen LogP contribution in [0.5, 0.6) is 5.75 Å². The molecule has 0 fully saturated rings. The molecule has 0 aliphatic heterocycles. The molecule has 22 heavy (non-hydrogen) atoms. The van der Waals surface area contributed by atoms with Gasteiger partial charge in [-0.2, -0.15) is 0 Å². The average molecular weight is 297 g/mol. The molecule has 2 rings (SSSR count). The first-order valence-corrected chi connectivity index (χ1v) is 6.89. The number of rotatable bonds is 3. The number of aromatic hydroxyl groups is 1. The van der Waals surface area contributed by atoms with Gasteiger partial charge in [-0.3, -0.25) is 9.79 Å². The highest BCUT2D eigenvalue weighted by Gasteiger charge is 2.10. The largest absolute Gasteiger partial charge is 0.507 e. The number of hydrogen-bond acceptors (Lipinski definition) is 3. The molecule has 0 aliphatic carbocycles. The van der Waals surface area contributed by atoms with Crippen molar-refractivity contribution >= 4 is 23.1 Å². The normalized spacial score (nSPS) is 11.1. The van der Waals surface area contributed by atoms with E-state index in [1.807, 2.05) is 43.1 Å². The second-order valence-electron chi connectivity index (χ2n) is 4.85. The van der Waals surface area contributed by atoms with Gasteiger partial charge in [0, 0.05) is 25.5 Å². The molecule has 5 nitrogen and oxygen atoms in total. The molecule has 0 unspecified atom stereocenters. The predicted octanol–water partition coefficient (Wildman–Crippen LogP) is 3.13. The van der Waals surface area contributed by atoms with Crippen molar-refractivity contribution in [2.45, 2.75) is 6.92 Å². The van der Waals surface area contributed by atoms with Crippen LogP contribution in [0.3, 0.4) is 0 Å². The molecule has 0 bridgehead atoms. The lowest BCUT2D eigenvalue weighted by Crippen LogP contribution is -2.23. The number of phenolic OH excluding ortho intramolecular Hbond substituents is 1. The summed E-state index contributed by atoms with van der Waals surface area (Å²) >= 11 is 0. The summed E-state index contributed by atoms with van der Waals surface area (Å²) in [6.45, 7) is 1.92. The molecule has 2 N–H and O–H groups in total. The minimum absolute atomic E-state index is 0.0360. The van der Waals surface area contributed by atoms with E-state index in [0.717, 1.165) is 11.5 Å². The van der Waals surface area contributed by atoms with Gasteiger partial charge in [0.1, 0.15) is 5.75 Å². The standard InChI is InChI=1S/C17H19N3O2/c1-12(18-2)20(3)14-10-8-13(9-11-14)19-17(22)15-6-4-5-7-16(15)21/h4-11,21H,1-3H3,(H,19,22). The maximum absolute atomic E-state index is 12.1. The van der Waals surface area contributed by atoms with Crippen LogP contribution in [-0.2, 0) is 0 Å². The fraction of sp³-hybridized carbons (Fsp3) is 0.176. The van der Waals surface area contributed by atoms with Gasteiger partial charge in [0.25, 0.3) is 5.91 Å². The zero-order valence-corrected chi connectivity index (χ0v) is 12.9. The molecule has 0 aliphatic rings. The number of anilines is 2. The van der Waals surface area contributed by atoms with E-state index in [-0.39, 0.29) is 17.2 Å². The Balaban J connectivity index is 2.12. The first kappa shape index (κ1) is 15.6. The van der Waals surface area contributed by atoms with E-state index in [4.69, 9.17) is 0 Å². The Bertz CT molecular complexity index is 693. The minimum atomic E-state index is -0.342. The van der Waals surface area contributed by atoms with Gasteiger partial charge in [-0.05, 0) is 43.3 Å². The Morgan fingerprint density at radius 3 is 2.36 bits per heavy atom. The van der Waals surface area contributed by atoms with Crippen LogP contribution in [0.25, 0.3) is 0 Å². The quantitative estimate of drug-likeness (QED) is 0.675. The Kier molecular flexibility index (Phi) is 4.78. The Labute approximate surface area is 129 Å². The summed E-state index contributed by atoms with van der Waals surface area (Å²) in [5, 5.41) is 12.4. The minimum Gasteiger partial charge on any atom is -0.507 e. The fourth-order valence-corrected chi connectivity index (χ4v) is 1.97. The predicted molar refractivity (Wildman–Crippen MR) is 89.9 cm³/mol. The Morgan fingerprint density at radius 1 is 1.14 bits per heavy atom. The zero-order chi connectivity index (χ0) is 16.1. The lowest BCUT2D eigenvalue weighted by atomic mass is 10.2. The Hall–Kier alpha value is -2.82. The van der Waals surface area contributed by atoms with Gasteiger partial charge in [-0.1, -0.05) is 12.1 Å². The van der Waals surface area contributed by atoms with Gasteiger partial charge < -0.3 is 15.3 Å². The molecular formula is C17H19N3O2. The molecular weight excluding hydrogens is 278 g/mol. The lowest BCUT2D eigenvalue weighted by Gasteiger charge is -2.18. The van der Waals surface area contributed by atoms with E-state index in [0.29, 0.717) is 5.69 Å². The van der Waals surface area contributed by atoms with Crippen LogP contribution in [0.15, 0.2) is 53.5 Å². The highest BCUT2D eigenvalue weighted by atomic mass is 16.3. The number of amides is 1. The molecule has 0 spiro atoms. The molecule has 0 aromatic heterocycles. The molecule has 0 saturated heterocycles. The molecule has 5 heteroatoms. The Morgan fingerprint density at radius 2 is 1.77 bits per heavy atom. The van der Waals surface area contributed by atoms with E-state index in [2.05, 4.69) is 10.3 Å². The molecule has 1 amide bonds. The van der Waals surface area contributed by atoms with E-state index in [1.54, 1.807) is 25.2 Å². The van der Waals surface area contributed by atoms with Gasteiger partial charge >= 0.3 is 0 Å². The summed E-state index contributed by atoms with van der Waals surface area (Å²) < 4.78 is 0. The van der Waals surface area contributed by atoms with Gasteiger partial charge in [-0.15, -0.1) is 0 Å². The molecule has 114 valence electrons. The zero-order valence-electron chi connectivity index (χ0n) is 12.9. The van der Waals surface area contributed by atoms with Gasteiger partial charge in [0.05, 0.1) is 11.4 Å². The maximum Gasteiger partial charge on any atom is 0.259 e. The molecule has 0 radical (unpaired) electrons. The van der Waals surface area contributed by atoms with Crippen molar-refractivity contribution in [3.05, 3.63) is 54.1 Å². The number of aliphatic imine (C=N–C) groups is 1. The molecule has 2 aromatic rings. The summed E-state index contributed by atoms with van der Waals surface area (Å²) in [7, 11) is 3.67. The summed E-state index contributed by atoms with van der Waals surface area (Å²) in [5.41, 5.74) is 1.89. The molecule has 0 heterocycles. The topological polar surface area (TPSA) is 64.9 Å². The highest BCUT2D eigenvalue weighted by Crippen LogP contribution is 2.20. The van der Waals surface area contributed by atoms with Crippen LogP contribution < -0.4 is 10.2 Å². The third-order valence-corrected chi connectivity index (χ3v) is 3.47. The summed E-state index contributed by atoms with van der Waals surface area (Å²) in [4.78, 5) is 18.2. The van der Waals surface area contributed by atoms with Crippen LogP contribution in [0.2, 0.25) is 0 Å². The summed E-state index contributed by atoms with van der Waals surface area (Å²) in [6.07, 6.45) is 0. The van der Waals surface area contributed by atoms with Crippen molar-refractivity contribution in [1.82, 2.24) is 0 Å². The van der Waals surface area contributed by atoms with Crippen LogP contribution in [0, 0.1) is 0 Å². The number of nitrogens with zero attached hydrogens (tertiary/aromatic N) is 2. The van der Waals surface area contributed by atoms with Crippen molar-refractivity contribution in [3.8, 4) is 5.75 Å². The first-order chi connectivity index (χ1) is 10.5. The average Bonchev–Trinajstić information content (AvgIpc) is 2.54. The second-order valence-corrected chi connectivity index (χ2v) is 4.85. The van der Waals surface area contributed by atoms with Crippen LogP contribution in [-0.4, -0.2) is 30.9 Å². The summed E-state index contributed by atoms with van der Waals surface area (Å²) in [5.74, 6) is 0.516. The van der Waals surface area contributed by atoms with Crippen molar-refractivity contribution < 1.29 is 9.90 Å². The van der Waals surface area contributed by atoms with Crippen LogP contribution >= 0.6 is 0 Å². The van der Waals surface area contributed by atoms with E-state index in [9.17, 15) is 9.90 Å². The van der Waals surface area contributed by atoms with Crippen molar-refractivity contribution in [2.75, 3.05) is 24.3 Å². The number of nitrogens with one attached hydrogen (secondary N) is 1. The lowest BCUT2D eigenvalue weighted by molar-refractivity contribution is 0.102. The van der Waals surface area contributed by atoms with Crippen molar-refractivity contribution in [3.63, 3.8) is 0 Å². The first-order valence-electron chi connectivity index (χ1n) is 6.89. The smallest absolute Gasteiger partial charge is 0.259 e. The molecule has 0 saturated carbocycles. The van der Waals surface area contributed by atoms with E-state index >= 15 is 0 Å².